The van der Waals surface area contributed by atoms with Gasteiger partial charge in [-0.05, 0) is 37.3 Å². The summed E-state index contributed by atoms with van der Waals surface area (Å²) in [6, 6.07) is 3.43. The van der Waals surface area contributed by atoms with Crippen molar-refractivity contribution in [1.29, 1.82) is 5.26 Å². The molecule has 0 spiro atoms. The minimum absolute atomic E-state index is 0.0970. The summed E-state index contributed by atoms with van der Waals surface area (Å²) in [7, 11) is 0. The van der Waals surface area contributed by atoms with Gasteiger partial charge in [0.05, 0.1) is 23.3 Å². The molecule has 0 bridgehead atoms. The number of carbonyl (C=O) groups is 1. The van der Waals surface area contributed by atoms with Crippen LogP contribution in [0.15, 0.2) is 27.8 Å². The van der Waals surface area contributed by atoms with Crippen LogP contribution in [0.25, 0.3) is 10.2 Å². The SMILES string of the molecule is N#C[C@H](C(=O)c1ccoc1)c1nc2sc3c(c2c(=O)[nH]1)CCCC3. The highest BCUT2D eigenvalue weighted by Gasteiger charge is 2.27. The number of aryl methyl sites for hydroxylation is 2. The zero-order valence-electron chi connectivity index (χ0n) is 12.7. The van der Waals surface area contributed by atoms with Crippen molar-refractivity contribution in [3.05, 3.63) is 50.8 Å². The summed E-state index contributed by atoms with van der Waals surface area (Å²) < 4.78 is 4.89. The summed E-state index contributed by atoms with van der Waals surface area (Å²) >= 11 is 1.49. The van der Waals surface area contributed by atoms with Crippen LogP contribution in [-0.4, -0.2) is 15.8 Å². The van der Waals surface area contributed by atoms with Crippen molar-refractivity contribution in [2.45, 2.75) is 31.6 Å². The van der Waals surface area contributed by atoms with Gasteiger partial charge in [-0.1, -0.05) is 0 Å². The van der Waals surface area contributed by atoms with E-state index in [4.69, 9.17) is 4.42 Å². The highest BCUT2D eigenvalue weighted by molar-refractivity contribution is 7.18. The smallest absolute Gasteiger partial charge is 0.259 e. The van der Waals surface area contributed by atoms with Crippen LogP contribution in [0, 0.1) is 11.3 Å². The van der Waals surface area contributed by atoms with E-state index in [2.05, 4.69) is 9.97 Å². The maximum absolute atomic E-state index is 12.5. The molecule has 1 N–H and O–H groups in total. The Morgan fingerprint density at radius 3 is 3.00 bits per heavy atom. The number of hydrogen-bond acceptors (Lipinski definition) is 6. The van der Waals surface area contributed by atoms with Gasteiger partial charge < -0.3 is 9.40 Å². The van der Waals surface area contributed by atoms with Gasteiger partial charge in [-0.15, -0.1) is 11.3 Å². The zero-order chi connectivity index (χ0) is 16.7. The minimum atomic E-state index is -1.15. The number of nitrogens with one attached hydrogen (secondary N) is 1. The number of ketones is 1. The normalized spacial score (nSPS) is 15.0. The molecule has 3 heterocycles. The van der Waals surface area contributed by atoms with Crippen molar-refractivity contribution in [2.24, 2.45) is 0 Å². The van der Waals surface area contributed by atoms with Crippen LogP contribution in [0.2, 0.25) is 0 Å². The zero-order valence-corrected chi connectivity index (χ0v) is 13.5. The Balaban J connectivity index is 1.84. The lowest BCUT2D eigenvalue weighted by Gasteiger charge is -2.09. The van der Waals surface area contributed by atoms with E-state index in [9.17, 15) is 14.9 Å². The number of nitrogens with zero attached hydrogens (tertiary/aromatic N) is 2. The van der Waals surface area contributed by atoms with E-state index in [1.807, 2.05) is 6.07 Å². The minimum Gasteiger partial charge on any atom is -0.472 e. The highest BCUT2D eigenvalue weighted by atomic mass is 32.1. The van der Waals surface area contributed by atoms with Gasteiger partial charge in [0.1, 0.15) is 16.9 Å². The Hall–Kier alpha value is -2.72. The van der Waals surface area contributed by atoms with Crippen molar-refractivity contribution in [3.63, 3.8) is 0 Å². The number of hydrogen-bond donors (Lipinski definition) is 1. The number of Topliss-reactive ketones (excluding diaryl/α,β-unsaturated/α-hetero) is 1. The van der Waals surface area contributed by atoms with Crippen molar-refractivity contribution in [1.82, 2.24) is 9.97 Å². The van der Waals surface area contributed by atoms with Gasteiger partial charge in [-0.3, -0.25) is 9.59 Å². The van der Waals surface area contributed by atoms with Crippen molar-refractivity contribution >= 4 is 27.3 Å². The average molecular weight is 339 g/mol. The molecule has 0 aliphatic heterocycles. The van der Waals surface area contributed by atoms with Crippen molar-refractivity contribution < 1.29 is 9.21 Å². The number of fused-ring (bicyclic) bond motifs is 3. The van der Waals surface area contributed by atoms with E-state index < -0.39 is 11.7 Å². The first-order valence-electron chi connectivity index (χ1n) is 7.69. The van der Waals surface area contributed by atoms with Crippen LogP contribution in [0.5, 0.6) is 0 Å². The topological polar surface area (TPSA) is 99.8 Å². The molecule has 0 saturated heterocycles. The third-order valence-corrected chi connectivity index (χ3v) is 5.50. The number of aromatic amines is 1. The first kappa shape index (κ1) is 14.8. The van der Waals surface area contributed by atoms with Gasteiger partial charge in [0.25, 0.3) is 5.56 Å². The van der Waals surface area contributed by atoms with Crippen LogP contribution >= 0.6 is 11.3 Å². The van der Waals surface area contributed by atoms with Gasteiger partial charge >= 0.3 is 0 Å². The molecule has 4 rings (SSSR count). The van der Waals surface area contributed by atoms with Gasteiger partial charge in [0.15, 0.2) is 11.7 Å². The highest BCUT2D eigenvalue weighted by Crippen LogP contribution is 2.34. The maximum Gasteiger partial charge on any atom is 0.259 e. The van der Waals surface area contributed by atoms with E-state index in [1.54, 1.807) is 0 Å². The predicted octanol–water partition coefficient (Wildman–Crippen LogP) is 2.95. The van der Waals surface area contributed by atoms with Gasteiger partial charge in [0.2, 0.25) is 0 Å². The van der Waals surface area contributed by atoms with Gasteiger partial charge in [-0.25, -0.2) is 4.98 Å². The lowest BCUT2D eigenvalue weighted by atomic mass is 9.97. The maximum atomic E-state index is 12.5. The molecule has 7 heteroatoms. The standard InChI is InChI=1S/C17H13N3O3S/c18-7-11(14(21)9-5-6-23-8-9)15-19-16(22)13-10-3-1-2-4-12(10)24-17(13)20-15/h5-6,8,11H,1-4H2,(H,19,20,22)/t11-/m1/s1. The molecule has 3 aromatic heterocycles. The fourth-order valence-electron chi connectivity index (χ4n) is 3.13. The Morgan fingerprint density at radius 1 is 1.42 bits per heavy atom. The third kappa shape index (κ3) is 2.27. The van der Waals surface area contributed by atoms with E-state index in [-0.39, 0.29) is 16.9 Å². The van der Waals surface area contributed by atoms with Crippen LogP contribution < -0.4 is 5.56 Å². The number of H-pyrrole nitrogens is 1. The Labute approximate surface area is 140 Å². The van der Waals surface area contributed by atoms with Crippen molar-refractivity contribution in [3.8, 4) is 6.07 Å². The number of carbonyl (C=O) groups excluding carboxylic acids is 1. The molecule has 0 saturated carbocycles. The fraction of sp³-hybridized carbons (Fsp3) is 0.294. The van der Waals surface area contributed by atoms with Gasteiger partial charge in [-0.2, -0.15) is 5.26 Å². The molecule has 1 atom stereocenters. The number of thiophene rings is 1. The quantitative estimate of drug-likeness (QED) is 0.740. The molecule has 0 unspecified atom stereocenters. The first-order chi connectivity index (χ1) is 11.7. The second kappa shape index (κ2) is 5.73. The Morgan fingerprint density at radius 2 is 2.25 bits per heavy atom. The molecule has 0 fully saturated rings. The summed E-state index contributed by atoms with van der Waals surface area (Å²) in [5.74, 6) is -1.49. The average Bonchev–Trinajstić information content (AvgIpc) is 3.23. The van der Waals surface area contributed by atoms with E-state index in [1.165, 1.54) is 34.8 Å². The lowest BCUT2D eigenvalue weighted by molar-refractivity contribution is 0.0975. The second-order valence-electron chi connectivity index (χ2n) is 5.78. The third-order valence-electron chi connectivity index (χ3n) is 4.31. The molecule has 0 aromatic carbocycles. The Bertz CT molecular complexity index is 1020. The molecular formula is C17H13N3O3S. The molecule has 120 valence electrons. The second-order valence-corrected chi connectivity index (χ2v) is 6.86. The van der Waals surface area contributed by atoms with Gasteiger partial charge in [0, 0.05) is 4.88 Å². The molecular weight excluding hydrogens is 326 g/mol. The summed E-state index contributed by atoms with van der Waals surface area (Å²) in [5, 5.41) is 10.0. The molecule has 6 nitrogen and oxygen atoms in total. The van der Waals surface area contributed by atoms with E-state index in [0.717, 1.165) is 31.2 Å². The number of aromatic nitrogens is 2. The van der Waals surface area contributed by atoms with E-state index >= 15 is 0 Å². The first-order valence-corrected chi connectivity index (χ1v) is 8.51. The van der Waals surface area contributed by atoms with Crippen LogP contribution in [0.4, 0.5) is 0 Å². The summed E-state index contributed by atoms with van der Waals surface area (Å²) in [6.45, 7) is 0. The lowest BCUT2D eigenvalue weighted by Crippen LogP contribution is -2.19. The fourth-order valence-corrected chi connectivity index (χ4v) is 4.40. The summed E-state index contributed by atoms with van der Waals surface area (Å²) in [6.07, 6.45) is 6.68. The molecule has 0 amide bonds. The monoisotopic (exact) mass is 339 g/mol. The number of rotatable bonds is 3. The molecule has 1 aliphatic rings. The number of nitriles is 1. The van der Waals surface area contributed by atoms with Crippen LogP contribution in [0.1, 0.15) is 45.4 Å². The molecule has 0 radical (unpaired) electrons. The van der Waals surface area contributed by atoms with Crippen molar-refractivity contribution in [2.75, 3.05) is 0 Å². The molecule has 3 aromatic rings. The molecule has 1 aliphatic carbocycles. The van der Waals surface area contributed by atoms with Crippen LogP contribution in [0.3, 0.4) is 0 Å². The number of furan rings is 1. The largest absolute Gasteiger partial charge is 0.472 e. The summed E-state index contributed by atoms with van der Waals surface area (Å²) in [4.78, 5) is 33.9. The van der Waals surface area contributed by atoms with Crippen LogP contribution in [-0.2, 0) is 12.8 Å². The summed E-state index contributed by atoms with van der Waals surface area (Å²) in [5.41, 5.74) is 1.10. The Kier molecular flexibility index (Phi) is 3.54. The predicted molar refractivity (Wildman–Crippen MR) is 88.3 cm³/mol. The van der Waals surface area contributed by atoms with E-state index in [0.29, 0.717) is 10.2 Å². The molecule has 24 heavy (non-hydrogen) atoms.